The molecule has 0 saturated heterocycles. The molecule has 3 rings (SSSR count). The van der Waals surface area contributed by atoms with Crippen LogP contribution in [0.3, 0.4) is 0 Å². The average Bonchev–Trinajstić information content (AvgIpc) is 2.81. The van der Waals surface area contributed by atoms with E-state index in [1.54, 1.807) is 30.3 Å². The van der Waals surface area contributed by atoms with Crippen molar-refractivity contribution in [2.24, 2.45) is 11.7 Å². The second-order valence-corrected chi connectivity index (χ2v) is 11.1. The number of benzene rings is 3. The monoisotopic (exact) mass is 531 g/mol. The first-order chi connectivity index (χ1) is 16.9. The number of urea groups is 1. The van der Waals surface area contributed by atoms with Crippen LogP contribution in [0.15, 0.2) is 71.6 Å². The molecule has 0 heterocycles. The minimum absolute atomic E-state index is 0.00240. The number of sulfone groups is 1. The van der Waals surface area contributed by atoms with Gasteiger partial charge in [0.1, 0.15) is 12.4 Å². The number of nitrogens with one attached hydrogen (secondary N) is 1. The Labute approximate surface area is 215 Å². The van der Waals surface area contributed by atoms with Gasteiger partial charge in [0, 0.05) is 23.4 Å². The standard InChI is InChI=1S/C26H27ClFN3O4S/c1-17(13-18-7-10-20(27)11-8-18)15-31(26(29)33)16-25(32)30-23-12-9-19(14-22(23)28)21-5-3-4-6-24(21)36(2,34)35/h3-12,14,17H,13,15-16H2,1-2H3,(H2,29,33)(H,30,32). The zero-order valence-corrected chi connectivity index (χ0v) is 21.4. The molecule has 0 spiro atoms. The Morgan fingerprint density at radius 3 is 2.36 bits per heavy atom. The molecule has 0 bridgehead atoms. The van der Waals surface area contributed by atoms with Crippen LogP contribution < -0.4 is 11.1 Å². The molecule has 0 radical (unpaired) electrons. The number of primary amides is 1. The van der Waals surface area contributed by atoms with Gasteiger partial charge in [-0.05, 0) is 53.8 Å². The van der Waals surface area contributed by atoms with Crippen molar-refractivity contribution in [3.63, 3.8) is 0 Å². The number of nitrogens with two attached hydrogens (primary N) is 1. The van der Waals surface area contributed by atoms with E-state index >= 15 is 0 Å². The summed E-state index contributed by atoms with van der Waals surface area (Å²) in [5.41, 5.74) is 7.10. The van der Waals surface area contributed by atoms with Gasteiger partial charge in [-0.15, -0.1) is 0 Å². The van der Waals surface area contributed by atoms with Gasteiger partial charge in [0.25, 0.3) is 0 Å². The lowest BCUT2D eigenvalue weighted by Gasteiger charge is -2.24. The second kappa shape index (κ2) is 11.5. The topological polar surface area (TPSA) is 110 Å². The van der Waals surface area contributed by atoms with Gasteiger partial charge in [0.2, 0.25) is 5.91 Å². The van der Waals surface area contributed by atoms with E-state index in [1.807, 2.05) is 19.1 Å². The van der Waals surface area contributed by atoms with Gasteiger partial charge in [-0.3, -0.25) is 4.79 Å². The summed E-state index contributed by atoms with van der Waals surface area (Å²) in [7, 11) is -3.52. The van der Waals surface area contributed by atoms with Crippen LogP contribution in [0.4, 0.5) is 14.9 Å². The Morgan fingerprint density at radius 2 is 1.75 bits per heavy atom. The normalized spacial score (nSPS) is 12.1. The lowest BCUT2D eigenvalue weighted by Crippen LogP contribution is -2.43. The van der Waals surface area contributed by atoms with E-state index in [4.69, 9.17) is 17.3 Å². The molecule has 3 aromatic carbocycles. The van der Waals surface area contributed by atoms with Crippen molar-refractivity contribution >= 4 is 39.1 Å². The minimum Gasteiger partial charge on any atom is -0.351 e. The first kappa shape index (κ1) is 27.2. The van der Waals surface area contributed by atoms with Gasteiger partial charge in [0.05, 0.1) is 10.6 Å². The van der Waals surface area contributed by atoms with Gasteiger partial charge in [0.15, 0.2) is 9.84 Å². The van der Waals surface area contributed by atoms with Gasteiger partial charge in [-0.2, -0.15) is 0 Å². The summed E-state index contributed by atoms with van der Waals surface area (Å²) in [6.07, 6.45) is 1.73. The maximum absolute atomic E-state index is 14.8. The molecule has 0 aliphatic carbocycles. The number of anilines is 1. The summed E-state index contributed by atoms with van der Waals surface area (Å²) in [6, 6.07) is 16.9. The number of halogens is 2. The van der Waals surface area contributed by atoms with Crippen molar-refractivity contribution in [3.05, 3.63) is 83.1 Å². The summed E-state index contributed by atoms with van der Waals surface area (Å²) < 4.78 is 39.0. The number of nitrogens with zero attached hydrogens (tertiary/aromatic N) is 1. The minimum atomic E-state index is -3.52. The highest BCUT2D eigenvalue weighted by atomic mass is 35.5. The molecule has 7 nitrogen and oxygen atoms in total. The Morgan fingerprint density at radius 1 is 1.08 bits per heavy atom. The molecule has 190 valence electrons. The van der Waals surface area contributed by atoms with E-state index in [1.165, 1.54) is 23.1 Å². The maximum atomic E-state index is 14.8. The third kappa shape index (κ3) is 7.29. The highest BCUT2D eigenvalue weighted by molar-refractivity contribution is 7.90. The number of hydrogen-bond donors (Lipinski definition) is 2. The second-order valence-electron chi connectivity index (χ2n) is 8.67. The SMILES string of the molecule is CC(Cc1ccc(Cl)cc1)CN(CC(=O)Nc1ccc(-c2ccccc2S(C)(=O)=O)cc1F)C(N)=O. The fourth-order valence-corrected chi connectivity index (χ4v) is 4.91. The molecule has 0 aromatic heterocycles. The van der Waals surface area contributed by atoms with E-state index in [0.29, 0.717) is 22.6 Å². The highest BCUT2D eigenvalue weighted by Gasteiger charge is 2.20. The molecule has 0 saturated carbocycles. The van der Waals surface area contributed by atoms with E-state index in [-0.39, 0.29) is 29.6 Å². The predicted molar refractivity (Wildman–Crippen MR) is 139 cm³/mol. The molecule has 0 aliphatic rings. The van der Waals surface area contributed by atoms with Crippen molar-refractivity contribution in [2.45, 2.75) is 18.2 Å². The van der Waals surface area contributed by atoms with E-state index in [0.717, 1.165) is 17.9 Å². The lowest BCUT2D eigenvalue weighted by molar-refractivity contribution is -0.116. The van der Waals surface area contributed by atoms with Crippen LogP contribution in [-0.4, -0.2) is 44.6 Å². The summed E-state index contributed by atoms with van der Waals surface area (Å²) >= 11 is 5.91. The van der Waals surface area contributed by atoms with Crippen LogP contribution in [-0.2, 0) is 21.1 Å². The number of amides is 3. The Hall–Kier alpha value is -3.43. The van der Waals surface area contributed by atoms with Crippen molar-refractivity contribution in [3.8, 4) is 11.1 Å². The van der Waals surface area contributed by atoms with Crippen LogP contribution in [0.5, 0.6) is 0 Å². The van der Waals surface area contributed by atoms with Crippen LogP contribution in [0, 0.1) is 11.7 Å². The number of rotatable bonds is 9. The zero-order chi connectivity index (χ0) is 26.5. The van der Waals surface area contributed by atoms with Gasteiger partial charge in [-0.1, -0.05) is 54.9 Å². The van der Waals surface area contributed by atoms with E-state index < -0.39 is 27.6 Å². The summed E-state index contributed by atoms with van der Waals surface area (Å²) in [6.45, 7) is 1.81. The molecule has 10 heteroatoms. The van der Waals surface area contributed by atoms with Gasteiger partial charge < -0.3 is 16.0 Å². The predicted octanol–water partition coefficient (Wildman–Crippen LogP) is 4.75. The van der Waals surface area contributed by atoms with E-state index in [9.17, 15) is 22.4 Å². The summed E-state index contributed by atoms with van der Waals surface area (Å²) in [5, 5.41) is 3.08. The Kier molecular flexibility index (Phi) is 8.70. The van der Waals surface area contributed by atoms with Crippen LogP contribution in [0.1, 0.15) is 12.5 Å². The first-order valence-electron chi connectivity index (χ1n) is 11.1. The Balaban J connectivity index is 1.68. The first-order valence-corrected chi connectivity index (χ1v) is 13.4. The molecule has 3 amide bonds. The van der Waals surface area contributed by atoms with Crippen LogP contribution >= 0.6 is 11.6 Å². The van der Waals surface area contributed by atoms with Crippen LogP contribution in [0.25, 0.3) is 11.1 Å². The number of carbonyl (C=O) groups is 2. The Bertz CT molecular complexity index is 1360. The third-order valence-corrected chi connectivity index (χ3v) is 6.92. The highest BCUT2D eigenvalue weighted by Crippen LogP contribution is 2.29. The average molecular weight is 532 g/mol. The molecule has 3 N–H and O–H groups in total. The fraction of sp³-hybridized carbons (Fsp3) is 0.231. The molecule has 1 atom stereocenters. The van der Waals surface area contributed by atoms with Crippen molar-refractivity contribution < 1.29 is 22.4 Å². The number of carbonyl (C=O) groups excluding carboxylic acids is 2. The van der Waals surface area contributed by atoms with Crippen LogP contribution in [0.2, 0.25) is 5.02 Å². The van der Waals surface area contributed by atoms with Gasteiger partial charge >= 0.3 is 6.03 Å². The van der Waals surface area contributed by atoms with Gasteiger partial charge in [-0.25, -0.2) is 17.6 Å². The quantitative estimate of drug-likeness (QED) is 0.415. The smallest absolute Gasteiger partial charge is 0.315 e. The largest absolute Gasteiger partial charge is 0.351 e. The van der Waals surface area contributed by atoms with Crippen molar-refractivity contribution in [2.75, 3.05) is 24.7 Å². The zero-order valence-electron chi connectivity index (χ0n) is 19.9. The van der Waals surface area contributed by atoms with E-state index in [2.05, 4.69) is 5.32 Å². The molecule has 36 heavy (non-hydrogen) atoms. The molecule has 3 aromatic rings. The summed E-state index contributed by atoms with van der Waals surface area (Å²) in [4.78, 5) is 25.8. The molecule has 1 unspecified atom stereocenters. The third-order valence-electron chi connectivity index (χ3n) is 5.52. The lowest BCUT2D eigenvalue weighted by atomic mass is 10.0. The molecular weight excluding hydrogens is 505 g/mol. The molecule has 0 fully saturated rings. The van der Waals surface area contributed by atoms with Crippen molar-refractivity contribution in [1.29, 1.82) is 0 Å². The number of hydrogen-bond acceptors (Lipinski definition) is 4. The van der Waals surface area contributed by atoms with Crippen molar-refractivity contribution in [1.82, 2.24) is 4.90 Å². The molecule has 0 aliphatic heterocycles. The fourth-order valence-electron chi connectivity index (χ4n) is 3.87. The maximum Gasteiger partial charge on any atom is 0.315 e. The summed E-state index contributed by atoms with van der Waals surface area (Å²) in [5.74, 6) is -1.36. The molecular formula is C26H27ClFN3O4S.